The highest BCUT2D eigenvalue weighted by Gasteiger charge is 2.27. The van der Waals surface area contributed by atoms with E-state index in [1.165, 1.54) is 0 Å². The van der Waals surface area contributed by atoms with E-state index >= 15 is 0 Å². The summed E-state index contributed by atoms with van der Waals surface area (Å²) in [5.41, 5.74) is -0.391. The van der Waals surface area contributed by atoms with Gasteiger partial charge in [-0.05, 0) is 0 Å². The van der Waals surface area contributed by atoms with Crippen LogP contribution in [0.15, 0.2) is 12.7 Å². The molecule has 1 unspecified atom stereocenters. The van der Waals surface area contributed by atoms with Gasteiger partial charge < -0.3 is 15.2 Å². The lowest BCUT2D eigenvalue weighted by molar-refractivity contribution is 0.0220. The van der Waals surface area contributed by atoms with Crippen molar-refractivity contribution in [1.29, 1.82) is 0 Å². The van der Waals surface area contributed by atoms with Crippen molar-refractivity contribution in [2.24, 2.45) is 0 Å². The van der Waals surface area contributed by atoms with Crippen LogP contribution in [0.1, 0.15) is 0 Å². The van der Waals surface area contributed by atoms with E-state index in [4.69, 9.17) is 9.84 Å². The van der Waals surface area contributed by atoms with Gasteiger partial charge in [-0.15, -0.1) is 6.58 Å². The van der Waals surface area contributed by atoms with Crippen LogP contribution in [0.2, 0.25) is 0 Å². The smallest absolute Gasteiger partial charge is 0.0834 e. The van der Waals surface area contributed by atoms with Gasteiger partial charge in [-0.2, -0.15) is 0 Å². The minimum absolute atomic E-state index is 0.0521. The van der Waals surface area contributed by atoms with E-state index in [1.807, 2.05) is 0 Å². The van der Waals surface area contributed by atoms with Gasteiger partial charge in [-0.3, -0.25) is 0 Å². The standard InChI is InChI=1S/C7H13NO2/c1-2-7(5-9)6-10-4-3-8-7/h2,8-9H,1,3-6H2. The maximum Gasteiger partial charge on any atom is 0.0834 e. The maximum atomic E-state index is 8.93. The molecule has 0 aromatic carbocycles. The molecule has 3 nitrogen and oxygen atoms in total. The second-order valence-electron chi connectivity index (χ2n) is 2.50. The number of ether oxygens (including phenoxy) is 1. The Labute approximate surface area is 60.7 Å². The van der Waals surface area contributed by atoms with Crippen LogP contribution in [-0.2, 0) is 4.74 Å². The Hall–Kier alpha value is -0.380. The van der Waals surface area contributed by atoms with Crippen LogP contribution < -0.4 is 5.32 Å². The molecule has 1 atom stereocenters. The second-order valence-corrected chi connectivity index (χ2v) is 2.50. The molecule has 0 amide bonds. The Kier molecular flexibility index (Phi) is 2.43. The fraction of sp³-hybridized carbons (Fsp3) is 0.714. The van der Waals surface area contributed by atoms with Gasteiger partial charge >= 0.3 is 0 Å². The van der Waals surface area contributed by atoms with Gasteiger partial charge in [0.1, 0.15) is 0 Å². The van der Waals surface area contributed by atoms with Crippen molar-refractivity contribution in [1.82, 2.24) is 5.32 Å². The number of hydrogen-bond donors (Lipinski definition) is 2. The third-order valence-corrected chi connectivity index (χ3v) is 1.76. The molecule has 0 aromatic heterocycles. The molecule has 58 valence electrons. The normalized spacial score (nSPS) is 33.7. The van der Waals surface area contributed by atoms with E-state index in [1.54, 1.807) is 6.08 Å². The fourth-order valence-electron chi connectivity index (χ4n) is 0.975. The summed E-state index contributed by atoms with van der Waals surface area (Å²) in [5.74, 6) is 0. The lowest BCUT2D eigenvalue weighted by Gasteiger charge is -2.33. The molecular weight excluding hydrogens is 130 g/mol. The highest BCUT2D eigenvalue weighted by molar-refractivity contribution is 5.04. The number of morpholine rings is 1. The van der Waals surface area contributed by atoms with Crippen LogP contribution in [-0.4, -0.2) is 37.0 Å². The van der Waals surface area contributed by atoms with Crippen LogP contribution in [0.3, 0.4) is 0 Å². The molecule has 3 heteroatoms. The van der Waals surface area contributed by atoms with E-state index in [0.29, 0.717) is 6.61 Å². The SMILES string of the molecule is C=CC1(CO)COCCN1. The van der Waals surface area contributed by atoms with E-state index in [-0.39, 0.29) is 6.61 Å². The predicted octanol–water partition coefficient (Wildman–Crippen LogP) is -0.477. The van der Waals surface area contributed by atoms with Gasteiger partial charge in [0.15, 0.2) is 0 Å². The van der Waals surface area contributed by atoms with Crippen molar-refractivity contribution in [3.8, 4) is 0 Å². The van der Waals surface area contributed by atoms with E-state index in [2.05, 4.69) is 11.9 Å². The molecule has 1 heterocycles. The van der Waals surface area contributed by atoms with Gasteiger partial charge in [0, 0.05) is 6.54 Å². The summed E-state index contributed by atoms with van der Waals surface area (Å²) in [5, 5.41) is 12.1. The molecule has 1 rings (SSSR count). The van der Waals surface area contributed by atoms with Crippen molar-refractivity contribution in [2.45, 2.75) is 5.54 Å². The molecule has 10 heavy (non-hydrogen) atoms. The average Bonchev–Trinajstić information content (AvgIpc) is 2.06. The Morgan fingerprint density at radius 3 is 2.90 bits per heavy atom. The zero-order valence-electron chi connectivity index (χ0n) is 5.97. The van der Waals surface area contributed by atoms with Crippen molar-refractivity contribution in [2.75, 3.05) is 26.4 Å². The number of aliphatic hydroxyl groups is 1. The van der Waals surface area contributed by atoms with E-state index < -0.39 is 5.54 Å². The number of nitrogens with one attached hydrogen (secondary N) is 1. The van der Waals surface area contributed by atoms with Gasteiger partial charge in [0.05, 0.1) is 25.4 Å². The van der Waals surface area contributed by atoms with E-state index in [9.17, 15) is 0 Å². The highest BCUT2D eigenvalue weighted by atomic mass is 16.5. The van der Waals surface area contributed by atoms with Crippen LogP contribution >= 0.6 is 0 Å². The zero-order valence-corrected chi connectivity index (χ0v) is 5.97. The van der Waals surface area contributed by atoms with Crippen molar-refractivity contribution in [3.05, 3.63) is 12.7 Å². The monoisotopic (exact) mass is 143 g/mol. The molecule has 2 N–H and O–H groups in total. The second kappa shape index (κ2) is 3.14. The molecule has 0 spiro atoms. The molecular formula is C7H13NO2. The lowest BCUT2D eigenvalue weighted by atomic mass is 10.0. The van der Waals surface area contributed by atoms with Crippen molar-refractivity contribution < 1.29 is 9.84 Å². The fourth-order valence-corrected chi connectivity index (χ4v) is 0.975. The van der Waals surface area contributed by atoms with Crippen LogP contribution in [0.4, 0.5) is 0 Å². The lowest BCUT2D eigenvalue weighted by Crippen LogP contribution is -2.55. The van der Waals surface area contributed by atoms with Crippen LogP contribution in [0, 0.1) is 0 Å². The average molecular weight is 143 g/mol. The number of hydrogen-bond acceptors (Lipinski definition) is 3. The van der Waals surface area contributed by atoms with E-state index in [0.717, 1.165) is 13.2 Å². The van der Waals surface area contributed by atoms with Gasteiger partial charge in [0.25, 0.3) is 0 Å². The minimum Gasteiger partial charge on any atom is -0.394 e. The minimum atomic E-state index is -0.391. The Bertz CT molecular complexity index is 119. The van der Waals surface area contributed by atoms with Crippen LogP contribution in [0.5, 0.6) is 0 Å². The zero-order chi connectivity index (χ0) is 7.45. The summed E-state index contributed by atoms with van der Waals surface area (Å²) >= 11 is 0. The highest BCUT2D eigenvalue weighted by Crippen LogP contribution is 2.08. The first-order valence-electron chi connectivity index (χ1n) is 3.40. The molecule has 0 saturated carbocycles. The summed E-state index contributed by atoms with van der Waals surface area (Å²) in [7, 11) is 0. The molecule has 0 radical (unpaired) electrons. The molecule has 0 bridgehead atoms. The van der Waals surface area contributed by atoms with Gasteiger partial charge in [-0.25, -0.2) is 0 Å². The van der Waals surface area contributed by atoms with Crippen molar-refractivity contribution in [3.63, 3.8) is 0 Å². The predicted molar refractivity (Wildman–Crippen MR) is 38.8 cm³/mol. The Morgan fingerprint density at radius 1 is 1.80 bits per heavy atom. The summed E-state index contributed by atoms with van der Waals surface area (Å²) in [6.45, 7) is 5.70. The molecule has 0 aliphatic carbocycles. The first-order chi connectivity index (χ1) is 4.83. The van der Waals surface area contributed by atoms with Crippen molar-refractivity contribution >= 4 is 0 Å². The Morgan fingerprint density at radius 2 is 2.60 bits per heavy atom. The maximum absolute atomic E-state index is 8.93. The third-order valence-electron chi connectivity index (χ3n) is 1.76. The van der Waals surface area contributed by atoms with Crippen LogP contribution in [0.25, 0.3) is 0 Å². The largest absolute Gasteiger partial charge is 0.394 e. The molecule has 1 aliphatic rings. The summed E-state index contributed by atoms with van der Waals surface area (Å²) < 4.78 is 5.17. The quantitative estimate of drug-likeness (QED) is 0.513. The Balaban J connectivity index is 2.52. The summed E-state index contributed by atoms with van der Waals surface area (Å²) in [4.78, 5) is 0. The first kappa shape index (κ1) is 7.72. The first-order valence-corrected chi connectivity index (χ1v) is 3.40. The summed E-state index contributed by atoms with van der Waals surface area (Å²) in [6.07, 6.45) is 1.70. The molecule has 1 fully saturated rings. The number of rotatable bonds is 2. The molecule has 0 aromatic rings. The third kappa shape index (κ3) is 1.37. The number of aliphatic hydroxyl groups excluding tert-OH is 1. The van der Waals surface area contributed by atoms with Gasteiger partial charge in [-0.1, -0.05) is 6.08 Å². The summed E-state index contributed by atoms with van der Waals surface area (Å²) in [6, 6.07) is 0. The van der Waals surface area contributed by atoms with Gasteiger partial charge in [0.2, 0.25) is 0 Å². The molecule has 1 aliphatic heterocycles. The molecule has 1 saturated heterocycles. The topological polar surface area (TPSA) is 41.5 Å².